The number of likely N-dealkylation sites (N-methyl/N-ethyl adjacent to an activating group) is 1. The number of nitriles is 2. The lowest BCUT2D eigenvalue weighted by Gasteiger charge is -2.20. The van der Waals surface area contributed by atoms with Gasteiger partial charge in [0.2, 0.25) is 0 Å². The Morgan fingerprint density at radius 2 is 1.96 bits per heavy atom. The van der Waals surface area contributed by atoms with Gasteiger partial charge in [-0.2, -0.15) is 10.5 Å². The number of hydrogen-bond acceptors (Lipinski definition) is 5. The number of rotatable bonds is 6. The fraction of sp³-hybridized carbons (Fsp3) is 0.353. The van der Waals surface area contributed by atoms with Crippen molar-refractivity contribution in [2.24, 2.45) is 0 Å². The number of carbonyl (C=O) groups is 1. The maximum atomic E-state index is 11.9. The molecule has 1 amide bonds. The normalized spacial score (nSPS) is 10.7. The van der Waals surface area contributed by atoms with Crippen LogP contribution in [0.3, 0.4) is 0 Å². The predicted octanol–water partition coefficient (Wildman–Crippen LogP) is 2.37. The first-order valence-electron chi connectivity index (χ1n) is 7.09. The molecule has 0 aliphatic heterocycles. The zero-order valence-electron chi connectivity index (χ0n) is 13.7. The molecule has 1 aromatic rings. The van der Waals surface area contributed by atoms with Crippen molar-refractivity contribution in [1.29, 1.82) is 10.5 Å². The molecule has 0 saturated carbocycles. The molecule has 0 aliphatic rings. The first-order valence-corrected chi connectivity index (χ1v) is 7.09. The zero-order chi connectivity index (χ0) is 17.4. The number of hydrogen-bond donors (Lipinski definition) is 0. The largest absolute Gasteiger partial charge is 0.490 e. The van der Waals surface area contributed by atoms with Gasteiger partial charge in [-0.15, -0.1) is 0 Å². The summed E-state index contributed by atoms with van der Waals surface area (Å²) in [5.74, 6) is 0.727. The highest BCUT2D eigenvalue weighted by Gasteiger charge is 2.18. The Hall–Kier alpha value is -2.99. The molecule has 0 N–H and O–H groups in total. The fourth-order valence-electron chi connectivity index (χ4n) is 1.84. The second-order valence-corrected chi connectivity index (χ2v) is 4.91. The number of nitrogens with zero attached hydrogens (tertiary/aromatic N) is 3. The van der Waals surface area contributed by atoms with Crippen molar-refractivity contribution in [2.45, 2.75) is 20.0 Å². The van der Waals surface area contributed by atoms with E-state index in [2.05, 4.69) is 0 Å². The third kappa shape index (κ3) is 5.05. The Bertz CT molecular complexity index is 665. The van der Waals surface area contributed by atoms with Crippen LogP contribution >= 0.6 is 0 Å². The van der Waals surface area contributed by atoms with Gasteiger partial charge in [0.25, 0.3) is 5.91 Å². The Kier molecular flexibility index (Phi) is 6.64. The van der Waals surface area contributed by atoms with Crippen LogP contribution in [0.4, 0.5) is 0 Å². The smallest absolute Gasteiger partial charge is 0.262 e. The standard InChI is InChI=1S/C17H19N3O3/c1-5-22-16-9-13(8-14(10-18)11-19)6-7-15(16)23-12(2)17(21)20(3)4/h6-9,12H,5H2,1-4H3/t12-/m1/s1. The monoisotopic (exact) mass is 313 g/mol. The topological polar surface area (TPSA) is 86.3 Å². The highest BCUT2D eigenvalue weighted by atomic mass is 16.5. The van der Waals surface area contributed by atoms with Crippen LogP contribution in [-0.2, 0) is 4.79 Å². The SMILES string of the molecule is CCOc1cc(C=C(C#N)C#N)ccc1O[C@H](C)C(=O)N(C)C. The van der Waals surface area contributed by atoms with Crippen LogP contribution in [0.15, 0.2) is 23.8 Å². The average Bonchev–Trinajstić information content (AvgIpc) is 2.54. The van der Waals surface area contributed by atoms with Gasteiger partial charge in [0.05, 0.1) is 6.61 Å². The first kappa shape index (κ1) is 18.1. The average molecular weight is 313 g/mol. The first-order chi connectivity index (χ1) is 10.9. The molecule has 0 fully saturated rings. The number of ether oxygens (including phenoxy) is 2. The summed E-state index contributed by atoms with van der Waals surface area (Å²) >= 11 is 0. The van der Waals surface area contributed by atoms with Crippen molar-refractivity contribution in [3.63, 3.8) is 0 Å². The van der Waals surface area contributed by atoms with Crippen LogP contribution in [0, 0.1) is 22.7 Å². The minimum Gasteiger partial charge on any atom is -0.490 e. The molecule has 0 radical (unpaired) electrons. The van der Waals surface area contributed by atoms with Gasteiger partial charge in [0.1, 0.15) is 17.7 Å². The molecular formula is C17H19N3O3. The molecule has 0 aliphatic carbocycles. The summed E-state index contributed by atoms with van der Waals surface area (Å²) in [5.41, 5.74) is 0.641. The number of carbonyl (C=O) groups excluding carboxylic acids is 1. The molecule has 0 aromatic heterocycles. The third-order valence-corrected chi connectivity index (χ3v) is 2.91. The molecule has 0 spiro atoms. The molecule has 6 nitrogen and oxygen atoms in total. The quantitative estimate of drug-likeness (QED) is 0.752. The Labute approximate surface area is 136 Å². The summed E-state index contributed by atoms with van der Waals surface area (Å²) in [6.45, 7) is 3.91. The molecule has 1 rings (SSSR count). The molecule has 23 heavy (non-hydrogen) atoms. The summed E-state index contributed by atoms with van der Waals surface area (Å²) in [5, 5.41) is 17.6. The van der Waals surface area contributed by atoms with E-state index in [0.29, 0.717) is 23.7 Å². The van der Waals surface area contributed by atoms with Gasteiger partial charge in [0, 0.05) is 14.1 Å². The third-order valence-electron chi connectivity index (χ3n) is 2.91. The van der Waals surface area contributed by atoms with Crippen molar-refractivity contribution < 1.29 is 14.3 Å². The molecule has 0 unspecified atom stereocenters. The van der Waals surface area contributed by atoms with Crippen LogP contribution in [0.25, 0.3) is 6.08 Å². The molecule has 0 bridgehead atoms. The summed E-state index contributed by atoms with van der Waals surface area (Å²) < 4.78 is 11.2. The van der Waals surface area contributed by atoms with Crippen molar-refractivity contribution in [3.05, 3.63) is 29.3 Å². The second-order valence-electron chi connectivity index (χ2n) is 4.91. The van der Waals surface area contributed by atoms with E-state index in [1.807, 2.05) is 6.92 Å². The lowest BCUT2D eigenvalue weighted by Crippen LogP contribution is -2.35. The summed E-state index contributed by atoms with van der Waals surface area (Å²) in [7, 11) is 3.32. The van der Waals surface area contributed by atoms with E-state index in [9.17, 15) is 4.79 Å². The van der Waals surface area contributed by atoms with Gasteiger partial charge in [-0.25, -0.2) is 0 Å². The molecular weight excluding hydrogens is 294 g/mol. The van der Waals surface area contributed by atoms with E-state index in [0.717, 1.165) is 0 Å². The van der Waals surface area contributed by atoms with E-state index in [-0.39, 0.29) is 11.5 Å². The van der Waals surface area contributed by atoms with E-state index in [1.165, 1.54) is 11.0 Å². The Balaban J connectivity index is 3.11. The molecule has 6 heteroatoms. The molecule has 0 heterocycles. The van der Waals surface area contributed by atoms with Crippen LogP contribution in [0.1, 0.15) is 19.4 Å². The lowest BCUT2D eigenvalue weighted by molar-refractivity contribution is -0.135. The number of allylic oxidation sites excluding steroid dienone is 1. The van der Waals surface area contributed by atoms with Crippen LogP contribution in [0.5, 0.6) is 11.5 Å². The van der Waals surface area contributed by atoms with Gasteiger partial charge < -0.3 is 14.4 Å². The van der Waals surface area contributed by atoms with Crippen molar-refractivity contribution >= 4 is 12.0 Å². The van der Waals surface area contributed by atoms with Crippen LogP contribution < -0.4 is 9.47 Å². The van der Waals surface area contributed by atoms with Crippen LogP contribution in [0.2, 0.25) is 0 Å². The van der Waals surface area contributed by atoms with Gasteiger partial charge in [-0.1, -0.05) is 6.07 Å². The highest BCUT2D eigenvalue weighted by molar-refractivity contribution is 5.80. The lowest BCUT2D eigenvalue weighted by atomic mass is 10.1. The van der Waals surface area contributed by atoms with E-state index < -0.39 is 6.10 Å². The number of amides is 1. The van der Waals surface area contributed by atoms with Gasteiger partial charge >= 0.3 is 0 Å². The molecule has 120 valence electrons. The summed E-state index contributed by atoms with van der Waals surface area (Å²) in [6, 6.07) is 8.62. The Morgan fingerprint density at radius 3 is 2.48 bits per heavy atom. The van der Waals surface area contributed by atoms with Crippen molar-refractivity contribution in [2.75, 3.05) is 20.7 Å². The fourth-order valence-corrected chi connectivity index (χ4v) is 1.84. The van der Waals surface area contributed by atoms with Crippen LogP contribution in [-0.4, -0.2) is 37.6 Å². The van der Waals surface area contributed by atoms with Gasteiger partial charge in [-0.3, -0.25) is 4.79 Å². The maximum Gasteiger partial charge on any atom is 0.262 e. The van der Waals surface area contributed by atoms with Crippen molar-refractivity contribution in [1.82, 2.24) is 4.90 Å². The minimum atomic E-state index is -0.653. The van der Waals surface area contributed by atoms with Gasteiger partial charge in [-0.05, 0) is 37.6 Å². The Morgan fingerprint density at radius 1 is 1.30 bits per heavy atom. The summed E-state index contributed by atoms with van der Waals surface area (Å²) in [4.78, 5) is 13.3. The molecule has 1 atom stereocenters. The minimum absolute atomic E-state index is 0.00253. The maximum absolute atomic E-state index is 11.9. The summed E-state index contributed by atoms with van der Waals surface area (Å²) in [6.07, 6.45) is 0.806. The molecule has 0 saturated heterocycles. The van der Waals surface area contributed by atoms with E-state index in [1.54, 1.807) is 51.4 Å². The predicted molar refractivity (Wildman–Crippen MR) is 85.6 cm³/mol. The zero-order valence-corrected chi connectivity index (χ0v) is 13.7. The second kappa shape index (κ2) is 8.45. The highest BCUT2D eigenvalue weighted by Crippen LogP contribution is 2.30. The van der Waals surface area contributed by atoms with E-state index in [4.69, 9.17) is 20.0 Å². The number of benzene rings is 1. The van der Waals surface area contributed by atoms with Crippen molar-refractivity contribution in [3.8, 4) is 23.6 Å². The van der Waals surface area contributed by atoms with E-state index >= 15 is 0 Å². The van der Waals surface area contributed by atoms with Gasteiger partial charge in [0.15, 0.2) is 17.6 Å². The molecule has 1 aromatic carbocycles.